The molecule has 11 heteroatoms. The van der Waals surface area contributed by atoms with E-state index in [1.54, 1.807) is 13.8 Å². The van der Waals surface area contributed by atoms with Gasteiger partial charge in [0, 0.05) is 51.9 Å². The summed E-state index contributed by atoms with van der Waals surface area (Å²) in [5.74, 6) is -3.36. The van der Waals surface area contributed by atoms with Crippen LogP contribution in [0.4, 0.5) is 0 Å². The molecule has 0 aromatic rings. The standard InChI is InChI=1S/C29H44O11/c1-14(2)20-21-23(29(13-35-29)25(38-17(5)32)22(20)37-16(4)31)28(9)12-26(7,34)19(36-15(3)30)10-11-27(8,24(21)40-28)39-18(6)33/h14,19-25,34H,10-13H2,1-9H3. The molecule has 1 saturated carbocycles. The van der Waals surface area contributed by atoms with Gasteiger partial charge in [0.1, 0.15) is 35.1 Å². The lowest BCUT2D eigenvalue weighted by molar-refractivity contribution is -0.209. The van der Waals surface area contributed by atoms with Gasteiger partial charge in [0.25, 0.3) is 0 Å². The summed E-state index contributed by atoms with van der Waals surface area (Å²) >= 11 is 0. The molecule has 0 aromatic carbocycles. The average molecular weight is 569 g/mol. The molecule has 3 aliphatic heterocycles. The molecule has 11 unspecified atom stereocenters. The molecule has 0 amide bonds. The number of hydrogen-bond donors (Lipinski definition) is 1. The van der Waals surface area contributed by atoms with E-state index in [0.717, 1.165) is 0 Å². The molecule has 2 bridgehead atoms. The van der Waals surface area contributed by atoms with Crippen LogP contribution < -0.4 is 0 Å². The second kappa shape index (κ2) is 10.2. The number of carbonyl (C=O) groups excluding carboxylic acids is 4. The predicted octanol–water partition coefficient (Wildman–Crippen LogP) is 2.48. The van der Waals surface area contributed by atoms with Gasteiger partial charge in [-0.15, -0.1) is 0 Å². The fraction of sp³-hybridized carbons (Fsp3) is 0.862. The maximum atomic E-state index is 12.5. The van der Waals surface area contributed by atoms with Gasteiger partial charge in [0.05, 0.1) is 12.2 Å². The fourth-order valence-corrected chi connectivity index (χ4v) is 8.30. The molecule has 1 aliphatic carbocycles. The summed E-state index contributed by atoms with van der Waals surface area (Å²) in [6.45, 7) is 14.7. The molecule has 226 valence electrons. The Kier molecular flexibility index (Phi) is 7.86. The summed E-state index contributed by atoms with van der Waals surface area (Å²) in [7, 11) is 0. The van der Waals surface area contributed by atoms with E-state index in [1.807, 2.05) is 20.8 Å². The Bertz CT molecular complexity index is 1050. The van der Waals surface area contributed by atoms with Crippen LogP contribution in [0.3, 0.4) is 0 Å². The zero-order valence-electron chi connectivity index (χ0n) is 25.0. The Morgan fingerprint density at radius 3 is 1.95 bits per heavy atom. The molecule has 1 spiro atoms. The van der Waals surface area contributed by atoms with E-state index in [0.29, 0.717) is 0 Å². The van der Waals surface area contributed by atoms with Crippen molar-refractivity contribution in [1.82, 2.24) is 0 Å². The second-order valence-corrected chi connectivity index (χ2v) is 13.2. The number of fused-ring (bicyclic) bond motifs is 6. The molecule has 0 radical (unpaired) electrons. The first-order chi connectivity index (χ1) is 18.4. The smallest absolute Gasteiger partial charge is 0.303 e. The van der Waals surface area contributed by atoms with Crippen molar-refractivity contribution < 1.29 is 52.7 Å². The second-order valence-electron chi connectivity index (χ2n) is 13.2. The van der Waals surface area contributed by atoms with E-state index in [4.69, 9.17) is 28.4 Å². The maximum Gasteiger partial charge on any atom is 0.303 e. The van der Waals surface area contributed by atoms with Crippen LogP contribution in [0.1, 0.15) is 81.6 Å². The Labute approximate surface area is 235 Å². The number of esters is 4. The predicted molar refractivity (Wildman–Crippen MR) is 139 cm³/mol. The van der Waals surface area contributed by atoms with Gasteiger partial charge in [-0.2, -0.15) is 0 Å². The van der Waals surface area contributed by atoms with Crippen molar-refractivity contribution in [2.45, 2.75) is 128 Å². The van der Waals surface area contributed by atoms with Crippen molar-refractivity contribution in [1.29, 1.82) is 0 Å². The quantitative estimate of drug-likeness (QED) is 0.296. The van der Waals surface area contributed by atoms with Crippen LogP contribution in [0.15, 0.2) is 0 Å². The van der Waals surface area contributed by atoms with E-state index < -0.39 is 76.6 Å². The monoisotopic (exact) mass is 568 g/mol. The Morgan fingerprint density at radius 2 is 1.48 bits per heavy atom. The summed E-state index contributed by atoms with van der Waals surface area (Å²) in [5, 5.41) is 11.8. The first-order valence-electron chi connectivity index (χ1n) is 14.1. The molecule has 11 nitrogen and oxygen atoms in total. The highest BCUT2D eigenvalue weighted by Crippen LogP contribution is 2.66. The van der Waals surface area contributed by atoms with Crippen molar-refractivity contribution in [2.24, 2.45) is 23.7 Å². The van der Waals surface area contributed by atoms with Gasteiger partial charge in [-0.1, -0.05) is 13.8 Å². The van der Waals surface area contributed by atoms with Crippen LogP contribution in [-0.2, 0) is 47.6 Å². The van der Waals surface area contributed by atoms with Gasteiger partial charge in [-0.05, 0) is 39.5 Å². The Balaban J connectivity index is 1.95. The lowest BCUT2D eigenvalue weighted by Gasteiger charge is -2.53. The minimum atomic E-state index is -1.52. The zero-order valence-corrected chi connectivity index (χ0v) is 25.0. The number of epoxide rings is 1. The third-order valence-electron chi connectivity index (χ3n) is 9.35. The van der Waals surface area contributed by atoms with Crippen LogP contribution >= 0.6 is 0 Å². The van der Waals surface area contributed by atoms with Crippen LogP contribution in [0, 0.1) is 23.7 Å². The Morgan fingerprint density at radius 1 is 0.900 bits per heavy atom. The molecule has 40 heavy (non-hydrogen) atoms. The minimum absolute atomic E-state index is 0.0622. The highest BCUT2D eigenvalue weighted by Gasteiger charge is 2.79. The number of rotatable bonds is 5. The van der Waals surface area contributed by atoms with Gasteiger partial charge in [0.2, 0.25) is 0 Å². The van der Waals surface area contributed by atoms with E-state index >= 15 is 0 Å². The molecule has 4 fully saturated rings. The average Bonchev–Trinajstić information content (AvgIpc) is 3.48. The highest BCUT2D eigenvalue weighted by molar-refractivity contribution is 5.68. The molecule has 11 atom stereocenters. The summed E-state index contributed by atoms with van der Waals surface area (Å²) in [5.41, 5.74) is -4.86. The number of aliphatic hydroxyl groups is 1. The van der Waals surface area contributed by atoms with Gasteiger partial charge >= 0.3 is 23.9 Å². The van der Waals surface area contributed by atoms with E-state index in [-0.39, 0.29) is 43.6 Å². The molecule has 4 aliphatic rings. The summed E-state index contributed by atoms with van der Waals surface area (Å²) in [6.07, 6.45) is -2.82. The SMILES string of the molecule is CC(=O)OC1C(C(C)C)C2C3OC(C)(CC(C)(O)C(OC(C)=O)CCC3(C)OC(C)=O)C2C2(CO2)C1OC(C)=O. The molecule has 3 saturated heterocycles. The first-order valence-corrected chi connectivity index (χ1v) is 14.1. The molecular weight excluding hydrogens is 524 g/mol. The van der Waals surface area contributed by atoms with Crippen LogP contribution in [0.2, 0.25) is 0 Å². The van der Waals surface area contributed by atoms with Gasteiger partial charge < -0.3 is 33.5 Å². The third kappa shape index (κ3) is 5.25. The molecule has 1 N–H and O–H groups in total. The minimum Gasteiger partial charge on any atom is -0.460 e. The van der Waals surface area contributed by atoms with E-state index in [2.05, 4.69) is 0 Å². The highest BCUT2D eigenvalue weighted by atomic mass is 16.7. The van der Waals surface area contributed by atoms with Crippen LogP contribution in [0.5, 0.6) is 0 Å². The van der Waals surface area contributed by atoms with Gasteiger partial charge in [-0.25, -0.2) is 0 Å². The molecule has 0 aromatic heterocycles. The van der Waals surface area contributed by atoms with Crippen molar-refractivity contribution >= 4 is 23.9 Å². The largest absolute Gasteiger partial charge is 0.460 e. The van der Waals surface area contributed by atoms with E-state index in [1.165, 1.54) is 27.7 Å². The van der Waals surface area contributed by atoms with Crippen LogP contribution in [0.25, 0.3) is 0 Å². The lowest BCUT2D eigenvalue weighted by atomic mass is 9.53. The zero-order chi connectivity index (χ0) is 30.0. The normalized spacial score (nSPS) is 45.9. The lowest BCUT2D eigenvalue weighted by Crippen LogP contribution is -2.66. The number of hydrogen-bond acceptors (Lipinski definition) is 11. The molecule has 3 heterocycles. The van der Waals surface area contributed by atoms with Crippen LogP contribution in [-0.4, -0.2) is 82.4 Å². The number of carbonyl (C=O) groups is 4. The van der Waals surface area contributed by atoms with Gasteiger partial charge in [0.15, 0.2) is 6.10 Å². The Hall–Kier alpha value is -2.24. The van der Waals surface area contributed by atoms with E-state index in [9.17, 15) is 24.3 Å². The number of ether oxygens (including phenoxy) is 6. The summed E-state index contributed by atoms with van der Waals surface area (Å²) < 4.78 is 36.5. The fourth-order valence-electron chi connectivity index (χ4n) is 8.30. The van der Waals surface area contributed by atoms with Crippen molar-refractivity contribution in [3.8, 4) is 0 Å². The van der Waals surface area contributed by atoms with Crippen molar-refractivity contribution in [2.75, 3.05) is 6.61 Å². The first kappa shape index (κ1) is 30.7. The van der Waals surface area contributed by atoms with Crippen molar-refractivity contribution in [3.63, 3.8) is 0 Å². The van der Waals surface area contributed by atoms with Gasteiger partial charge in [-0.3, -0.25) is 19.2 Å². The molecule has 4 rings (SSSR count). The summed E-state index contributed by atoms with van der Waals surface area (Å²) in [4.78, 5) is 49.3. The summed E-state index contributed by atoms with van der Waals surface area (Å²) in [6, 6.07) is 0. The van der Waals surface area contributed by atoms with Crippen molar-refractivity contribution in [3.05, 3.63) is 0 Å². The third-order valence-corrected chi connectivity index (χ3v) is 9.35. The maximum absolute atomic E-state index is 12.5. The molecular formula is C29H44O11. The topological polar surface area (TPSA) is 147 Å².